The van der Waals surface area contributed by atoms with Crippen LogP contribution in [0, 0.1) is 5.92 Å². The van der Waals surface area contributed by atoms with Gasteiger partial charge in [0.2, 0.25) is 5.91 Å². The van der Waals surface area contributed by atoms with Crippen molar-refractivity contribution in [3.05, 3.63) is 23.8 Å². The van der Waals surface area contributed by atoms with E-state index >= 15 is 0 Å². The Balaban J connectivity index is 2.24. The quantitative estimate of drug-likeness (QED) is 0.622. The third-order valence-corrected chi connectivity index (χ3v) is 4.94. The van der Waals surface area contributed by atoms with Gasteiger partial charge >= 0.3 is 6.03 Å². The monoisotopic (exact) mass is 393 g/mol. The Morgan fingerprint density at radius 2 is 1.93 bits per heavy atom. The number of benzene rings is 1. The van der Waals surface area contributed by atoms with Gasteiger partial charge in [0.15, 0.2) is 0 Å². The number of methoxy groups -OCH3 is 3. The molecule has 3 amide bonds. The van der Waals surface area contributed by atoms with Crippen LogP contribution in [0.4, 0.5) is 4.79 Å². The summed E-state index contributed by atoms with van der Waals surface area (Å²) in [6.45, 7) is 4.35. The number of nitrogens with one attached hydrogen (secondary N) is 2. The fourth-order valence-electron chi connectivity index (χ4n) is 3.50. The second-order valence-electron chi connectivity index (χ2n) is 6.70. The van der Waals surface area contributed by atoms with E-state index in [2.05, 4.69) is 10.6 Å². The van der Waals surface area contributed by atoms with E-state index in [9.17, 15) is 9.59 Å². The number of ether oxygens (including phenoxy) is 3. The molecule has 2 N–H and O–H groups in total. The molecule has 0 aliphatic carbocycles. The first-order chi connectivity index (χ1) is 13.5. The lowest BCUT2D eigenvalue weighted by molar-refractivity contribution is -0.124. The maximum absolute atomic E-state index is 12.9. The molecule has 0 aromatic heterocycles. The number of carbonyl (C=O) groups excluding carboxylic acids is 2. The van der Waals surface area contributed by atoms with Crippen molar-refractivity contribution < 1.29 is 23.8 Å². The lowest BCUT2D eigenvalue weighted by atomic mass is 9.87. The molecule has 8 nitrogen and oxygen atoms in total. The summed E-state index contributed by atoms with van der Waals surface area (Å²) in [7, 11) is 4.82. The predicted octanol–water partition coefficient (Wildman–Crippen LogP) is 1.60. The third kappa shape index (κ3) is 5.28. The van der Waals surface area contributed by atoms with Crippen LogP contribution in [0.2, 0.25) is 0 Å². The van der Waals surface area contributed by atoms with Crippen molar-refractivity contribution in [2.24, 2.45) is 5.92 Å². The zero-order valence-corrected chi connectivity index (χ0v) is 17.1. The average molecular weight is 393 g/mol. The Morgan fingerprint density at radius 1 is 1.14 bits per heavy atom. The van der Waals surface area contributed by atoms with Gasteiger partial charge in [0.25, 0.3) is 0 Å². The molecule has 2 rings (SSSR count). The van der Waals surface area contributed by atoms with Crippen molar-refractivity contribution in [1.82, 2.24) is 15.5 Å². The number of carbonyl (C=O) groups is 2. The normalized spacial score (nSPS) is 18.6. The molecule has 0 unspecified atom stereocenters. The van der Waals surface area contributed by atoms with Gasteiger partial charge in [-0.2, -0.15) is 0 Å². The minimum atomic E-state index is -0.354. The van der Waals surface area contributed by atoms with Crippen LogP contribution in [0.1, 0.15) is 24.8 Å². The number of rotatable bonds is 9. The van der Waals surface area contributed by atoms with Crippen LogP contribution in [0.5, 0.6) is 11.5 Å². The van der Waals surface area contributed by atoms with Crippen LogP contribution >= 0.6 is 0 Å². The Labute approximate surface area is 166 Å². The predicted molar refractivity (Wildman–Crippen MR) is 106 cm³/mol. The van der Waals surface area contributed by atoms with E-state index in [1.54, 1.807) is 32.3 Å². The van der Waals surface area contributed by atoms with Crippen molar-refractivity contribution in [3.63, 3.8) is 0 Å². The molecule has 1 fully saturated rings. The van der Waals surface area contributed by atoms with Crippen molar-refractivity contribution in [2.75, 3.05) is 54.1 Å². The molecule has 8 heteroatoms. The van der Waals surface area contributed by atoms with E-state index in [1.807, 2.05) is 19.1 Å². The summed E-state index contributed by atoms with van der Waals surface area (Å²) >= 11 is 0. The van der Waals surface area contributed by atoms with Gasteiger partial charge in [-0.05, 0) is 19.4 Å². The molecular formula is C20H31N3O5. The van der Waals surface area contributed by atoms with E-state index in [4.69, 9.17) is 14.2 Å². The zero-order chi connectivity index (χ0) is 20.5. The highest BCUT2D eigenvalue weighted by atomic mass is 16.5. The number of nitrogens with zero attached hydrogens (tertiary/aromatic N) is 1. The first-order valence-corrected chi connectivity index (χ1v) is 9.57. The van der Waals surface area contributed by atoms with Crippen LogP contribution in [-0.4, -0.2) is 71.0 Å². The molecule has 1 heterocycles. The molecule has 156 valence electrons. The van der Waals surface area contributed by atoms with E-state index in [1.165, 1.54) is 0 Å². The second-order valence-corrected chi connectivity index (χ2v) is 6.70. The number of likely N-dealkylation sites (tertiary alicyclic amines) is 1. The molecule has 28 heavy (non-hydrogen) atoms. The lowest BCUT2D eigenvalue weighted by Gasteiger charge is -2.21. The molecule has 0 saturated carbocycles. The van der Waals surface area contributed by atoms with Crippen molar-refractivity contribution in [3.8, 4) is 11.5 Å². The number of hydrogen-bond donors (Lipinski definition) is 2. The zero-order valence-electron chi connectivity index (χ0n) is 17.1. The van der Waals surface area contributed by atoms with E-state index in [0.717, 1.165) is 12.0 Å². The average Bonchev–Trinajstić information content (AvgIpc) is 3.16. The largest absolute Gasteiger partial charge is 0.497 e. The molecule has 0 bridgehead atoms. The summed E-state index contributed by atoms with van der Waals surface area (Å²) < 4.78 is 15.8. The summed E-state index contributed by atoms with van der Waals surface area (Å²) in [6.07, 6.45) is 0.742. The van der Waals surface area contributed by atoms with E-state index < -0.39 is 0 Å². The first kappa shape index (κ1) is 21.8. The smallest absolute Gasteiger partial charge is 0.317 e. The molecule has 2 atom stereocenters. The Kier molecular flexibility index (Phi) is 8.38. The summed E-state index contributed by atoms with van der Waals surface area (Å²) in [5.41, 5.74) is 0.895. The maximum atomic E-state index is 12.9. The Morgan fingerprint density at radius 3 is 2.57 bits per heavy atom. The highest BCUT2D eigenvalue weighted by Gasteiger charge is 2.41. The minimum Gasteiger partial charge on any atom is -0.497 e. The fourth-order valence-corrected chi connectivity index (χ4v) is 3.50. The molecule has 1 aliphatic rings. The number of urea groups is 1. The summed E-state index contributed by atoms with van der Waals surface area (Å²) in [5, 5.41) is 5.78. The Bertz CT molecular complexity index is 667. The number of amides is 3. The highest BCUT2D eigenvalue weighted by Crippen LogP contribution is 2.39. The molecular weight excluding hydrogens is 362 g/mol. The standard InChI is InChI=1S/C20H31N3O5/c1-5-21-20(25)23-12-16(15-8-7-14(27-3)11-18(15)28-4)17(13-23)19(24)22-9-6-10-26-2/h7-8,11,16-17H,5-6,9-10,12-13H2,1-4H3,(H,21,25)(H,22,24)/t16-,17-/m0/s1. The SMILES string of the molecule is CCNC(=O)N1C[C@H](C(=O)NCCCOC)[C@H](c2ccc(OC)cc2OC)C1. The summed E-state index contributed by atoms with van der Waals surface area (Å²) in [4.78, 5) is 26.9. The summed E-state index contributed by atoms with van der Waals surface area (Å²) in [5.74, 6) is 0.753. The molecule has 1 aliphatic heterocycles. The second kappa shape index (κ2) is 10.8. The van der Waals surface area contributed by atoms with Crippen LogP contribution < -0.4 is 20.1 Å². The van der Waals surface area contributed by atoms with Crippen molar-refractivity contribution >= 4 is 11.9 Å². The lowest BCUT2D eigenvalue weighted by Crippen LogP contribution is -2.40. The van der Waals surface area contributed by atoms with E-state index in [0.29, 0.717) is 44.3 Å². The molecule has 1 aromatic rings. The van der Waals surface area contributed by atoms with Gasteiger partial charge < -0.3 is 29.7 Å². The maximum Gasteiger partial charge on any atom is 0.317 e. The third-order valence-electron chi connectivity index (χ3n) is 4.94. The van der Waals surface area contributed by atoms with Crippen LogP contribution in [0.3, 0.4) is 0 Å². The molecule has 1 saturated heterocycles. The fraction of sp³-hybridized carbons (Fsp3) is 0.600. The Hall–Kier alpha value is -2.48. The molecule has 0 spiro atoms. The van der Waals surface area contributed by atoms with Gasteiger partial charge in [-0.3, -0.25) is 4.79 Å². The number of hydrogen-bond acceptors (Lipinski definition) is 5. The van der Waals surface area contributed by atoms with Gasteiger partial charge in [-0.15, -0.1) is 0 Å². The summed E-state index contributed by atoms with van der Waals surface area (Å²) in [6, 6.07) is 5.40. The van der Waals surface area contributed by atoms with E-state index in [-0.39, 0.29) is 23.8 Å². The first-order valence-electron chi connectivity index (χ1n) is 9.57. The molecule has 1 aromatic carbocycles. The topological polar surface area (TPSA) is 89.1 Å². The van der Waals surface area contributed by atoms with Gasteiger partial charge in [0.1, 0.15) is 11.5 Å². The van der Waals surface area contributed by atoms with Crippen LogP contribution in [0.25, 0.3) is 0 Å². The van der Waals surface area contributed by atoms with Crippen LogP contribution in [-0.2, 0) is 9.53 Å². The van der Waals surface area contributed by atoms with Gasteiger partial charge in [0, 0.05) is 57.4 Å². The van der Waals surface area contributed by atoms with Gasteiger partial charge in [-0.25, -0.2) is 4.79 Å². The minimum absolute atomic E-state index is 0.0641. The molecule has 0 radical (unpaired) electrons. The van der Waals surface area contributed by atoms with Crippen molar-refractivity contribution in [2.45, 2.75) is 19.3 Å². The highest BCUT2D eigenvalue weighted by molar-refractivity contribution is 5.83. The van der Waals surface area contributed by atoms with Gasteiger partial charge in [-0.1, -0.05) is 6.07 Å². The van der Waals surface area contributed by atoms with Crippen molar-refractivity contribution in [1.29, 1.82) is 0 Å². The van der Waals surface area contributed by atoms with Gasteiger partial charge in [0.05, 0.1) is 20.1 Å². The van der Waals surface area contributed by atoms with Crippen LogP contribution in [0.15, 0.2) is 18.2 Å².